The number of likely N-dealkylation sites (tertiary alicyclic amines) is 1. The Kier molecular flexibility index (Phi) is 5.43. The number of rotatable bonds is 6. The Labute approximate surface area is 126 Å². The van der Waals surface area contributed by atoms with Crippen molar-refractivity contribution in [2.45, 2.75) is 37.9 Å². The van der Waals surface area contributed by atoms with Gasteiger partial charge in [0.2, 0.25) is 5.09 Å². The third-order valence-corrected chi connectivity index (χ3v) is 5.23. The molecular formula is C14H25N3O3S. The second-order valence-electron chi connectivity index (χ2n) is 5.76. The Morgan fingerprint density at radius 2 is 2.19 bits per heavy atom. The van der Waals surface area contributed by atoms with Crippen molar-refractivity contribution in [3.63, 3.8) is 0 Å². The first-order chi connectivity index (χ1) is 9.92. The molecule has 0 aromatic carbocycles. The first-order valence-corrected chi connectivity index (χ1v) is 8.91. The molecule has 1 fully saturated rings. The molecule has 120 valence electrons. The summed E-state index contributed by atoms with van der Waals surface area (Å²) in [5.41, 5.74) is 0. The molecule has 0 spiro atoms. The highest BCUT2D eigenvalue weighted by Crippen LogP contribution is 2.20. The maximum absolute atomic E-state index is 12.4. The molecule has 6 nitrogen and oxygen atoms in total. The second-order valence-corrected chi connectivity index (χ2v) is 7.40. The topological polar surface area (TPSA) is 74.6 Å². The van der Waals surface area contributed by atoms with E-state index in [4.69, 9.17) is 4.42 Å². The van der Waals surface area contributed by atoms with Gasteiger partial charge in [0, 0.05) is 12.6 Å². The lowest BCUT2D eigenvalue weighted by atomic mass is 9.95. The quantitative estimate of drug-likeness (QED) is 0.819. The van der Waals surface area contributed by atoms with Crippen LogP contribution in [-0.4, -0.2) is 46.0 Å². The van der Waals surface area contributed by atoms with Crippen LogP contribution in [0.15, 0.2) is 21.6 Å². The zero-order valence-electron chi connectivity index (χ0n) is 12.9. The number of sulfonamides is 1. The molecule has 2 rings (SSSR count). The van der Waals surface area contributed by atoms with Gasteiger partial charge in [-0.15, -0.1) is 0 Å². The SMILES string of the molecule is CCNCc1ccc(S(=O)(=O)NC2CCN(C)CC2C)o1. The minimum Gasteiger partial charge on any atom is -0.447 e. The Morgan fingerprint density at radius 1 is 1.43 bits per heavy atom. The van der Waals surface area contributed by atoms with Crippen molar-refractivity contribution >= 4 is 10.0 Å². The van der Waals surface area contributed by atoms with Crippen LogP contribution in [-0.2, 0) is 16.6 Å². The monoisotopic (exact) mass is 315 g/mol. The van der Waals surface area contributed by atoms with Gasteiger partial charge in [-0.25, -0.2) is 13.1 Å². The van der Waals surface area contributed by atoms with E-state index in [1.165, 1.54) is 6.07 Å². The molecule has 1 saturated heterocycles. The van der Waals surface area contributed by atoms with Crippen LogP contribution in [0.1, 0.15) is 26.0 Å². The Bertz CT molecular complexity index is 556. The number of hydrogen-bond donors (Lipinski definition) is 2. The fourth-order valence-corrected chi connectivity index (χ4v) is 3.96. The van der Waals surface area contributed by atoms with Crippen LogP contribution in [0.5, 0.6) is 0 Å². The van der Waals surface area contributed by atoms with Crippen molar-refractivity contribution in [2.75, 3.05) is 26.7 Å². The van der Waals surface area contributed by atoms with Gasteiger partial charge in [-0.3, -0.25) is 0 Å². The number of hydrogen-bond acceptors (Lipinski definition) is 5. The van der Waals surface area contributed by atoms with Crippen molar-refractivity contribution in [1.29, 1.82) is 0 Å². The molecular weight excluding hydrogens is 290 g/mol. The van der Waals surface area contributed by atoms with Crippen LogP contribution in [0.25, 0.3) is 0 Å². The van der Waals surface area contributed by atoms with Gasteiger partial charge < -0.3 is 14.6 Å². The average Bonchev–Trinajstić information content (AvgIpc) is 2.89. The molecule has 0 saturated carbocycles. The molecule has 2 heterocycles. The molecule has 1 aromatic heterocycles. The van der Waals surface area contributed by atoms with E-state index in [0.29, 0.717) is 12.3 Å². The summed E-state index contributed by atoms with van der Waals surface area (Å²) in [6.45, 7) is 7.22. The van der Waals surface area contributed by atoms with Gasteiger partial charge in [0.15, 0.2) is 0 Å². The molecule has 7 heteroatoms. The van der Waals surface area contributed by atoms with E-state index in [2.05, 4.69) is 28.9 Å². The summed E-state index contributed by atoms with van der Waals surface area (Å²) in [6, 6.07) is 3.19. The van der Waals surface area contributed by atoms with E-state index in [0.717, 1.165) is 26.1 Å². The maximum atomic E-state index is 12.4. The van der Waals surface area contributed by atoms with E-state index < -0.39 is 10.0 Å². The largest absolute Gasteiger partial charge is 0.447 e. The number of nitrogens with one attached hydrogen (secondary N) is 2. The van der Waals surface area contributed by atoms with E-state index in [9.17, 15) is 8.42 Å². The molecule has 2 atom stereocenters. The van der Waals surface area contributed by atoms with E-state index >= 15 is 0 Å². The molecule has 2 unspecified atom stereocenters. The van der Waals surface area contributed by atoms with Crippen LogP contribution in [0.3, 0.4) is 0 Å². The highest BCUT2D eigenvalue weighted by atomic mass is 32.2. The second kappa shape index (κ2) is 6.91. The summed E-state index contributed by atoms with van der Waals surface area (Å²) in [7, 11) is -1.52. The number of nitrogens with zero attached hydrogens (tertiary/aromatic N) is 1. The van der Waals surface area contributed by atoms with Gasteiger partial charge in [-0.1, -0.05) is 13.8 Å². The van der Waals surface area contributed by atoms with Gasteiger partial charge in [-0.05, 0) is 44.6 Å². The normalized spacial score (nSPS) is 24.3. The predicted octanol–water partition coefficient (Wildman–Crippen LogP) is 1.01. The minimum absolute atomic E-state index is 0.00142. The van der Waals surface area contributed by atoms with Crippen molar-refractivity contribution in [2.24, 2.45) is 5.92 Å². The van der Waals surface area contributed by atoms with Gasteiger partial charge in [0.1, 0.15) is 5.76 Å². The van der Waals surface area contributed by atoms with E-state index in [-0.39, 0.29) is 17.1 Å². The highest BCUT2D eigenvalue weighted by Gasteiger charge is 2.30. The van der Waals surface area contributed by atoms with Gasteiger partial charge in [0.25, 0.3) is 10.0 Å². The lowest BCUT2D eigenvalue weighted by Gasteiger charge is -2.34. The molecule has 0 bridgehead atoms. The summed E-state index contributed by atoms with van der Waals surface area (Å²) in [5, 5.41) is 3.11. The van der Waals surface area contributed by atoms with Crippen molar-refractivity contribution in [3.05, 3.63) is 17.9 Å². The lowest BCUT2D eigenvalue weighted by Crippen LogP contribution is -2.48. The van der Waals surface area contributed by atoms with Crippen LogP contribution >= 0.6 is 0 Å². The van der Waals surface area contributed by atoms with E-state index in [1.807, 2.05) is 6.92 Å². The molecule has 1 aromatic rings. The lowest BCUT2D eigenvalue weighted by molar-refractivity contribution is 0.188. The Hall–Kier alpha value is -0.890. The molecule has 2 N–H and O–H groups in total. The Morgan fingerprint density at radius 3 is 2.86 bits per heavy atom. The van der Waals surface area contributed by atoms with Crippen molar-refractivity contribution in [1.82, 2.24) is 14.9 Å². The van der Waals surface area contributed by atoms with Gasteiger partial charge >= 0.3 is 0 Å². The molecule has 0 amide bonds. The molecule has 1 aliphatic heterocycles. The summed E-state index contributed by atoms with van der Waals surface area (Å²) < 4.78 is 33.0. The molecule has 0 radical (unpaired) electrons. The first kappa shape index (κ1) is 16.5. The van der Waals surface area contributed by atoms with Crippen LogP contribution < -0.4 is 10.0 Å². The highest BCUT2D eigenvalue weighted by molar-refractivity contribution is 7.89. The van der Waals surface area contributed by atoms with Crippen LogP contribution in [0.2, 0.25) is 0 Å². The standard InChI is InChI=1S/C14H25N3O3S/c1-4-15-9-12-5-6-14(20-12)21(18,19)16-13-7-8-17(3)10-11(13)2/h5-6,11,13,15-16H,4,7-10H2,1-3H3. The fraction of sp³-hybridized carbons (Fsp3) is 0.714. The minimum atomic E-state index is -3.58. The summed E-state index contributed by atoms with van der Waals surface area (Å²) in [6.07, 6.45) is 0.821. The number of furan rings is 1. The molecule has 21 heavy (non-hydrogen) atoms. The summed E-state index contributed by atoms with van der Waals surface area (Å²) in [5.74, 6) is 0.920. The smallest absolute Gasteiger partial charge is 0.274 e. The van der Waals surface area contributed by atoms with Crippen molar-refractivity contribution in [3.8, 4) is 0 Å². The summed E-state index contributed by atoms with van der Waals surface area (Å²) in [4.78, 5) is 2.22. The van der Waals surface area contributed by atoms with Gasteiger partial charge in [-0.2, -0.15) is 0 Å². The van der Waals surface area contributed by atoms with Crippen LogP contribution in [0, 0.1) is 5.92 Å². The fourth-order valence-electron chi connectivity index (χ4n) is 2.63. The van der Waals surface area contributed by atoms with Gasteiger partial charge in [0.05, 0.1) is 6.54 Å². The third kappa shape index (κ3) is 4.29. The molecule has 1 aliphatic rings. The van der Waals surface area contributed by atoms with Crippen molar-refractivity contribution < 1.29 is 12.8 Å². The van der Waals surface area contributed by atoms with E-state index in [1.54, 1.807) is 6.07 Å². The molecule has 0 aliphatic carbocycles. The number of piperidine rings is 1. The first-order valence-electron chi connectivity index (χ1n) is 7.42. The maximum Gasteiger partial charge on any atom is 0.274 e. The predicted molar refractivity (Wildman–Crippen MR) is 81.5 cm³/mol. The zero-order valence-corrected chi connectivity index (χ0v) is 13.7. The van der Waals surface area contributed by atoms with Crippen LogP contribution in [0.4, 0.5) is 0 Å². The Balaban J connectivity index is 2.02. The third-order valence-electron chi connectivity index (χ3n) is 3.87. The summed E-state index contributed by atoms with van der Waals surface area (Å²) >= 11 is 0. The zero-order chi connectivity index (χ0) is 15.5. The average molecular weight is 315 g/mol.